The van der Waals surface area contributed by atoms with E-state index in [-0.39, 0.29) is 10.8 Å². The van der Waals surface area contributed by atoms with Gasteiger partial charge in [0.05, 0.1) is 0 Å². The predicted molar refractivity (Wildman–Crippen MR) is 84.5 cm³/mol. The molecule has 0 bridgehead atoms. The van der Waals surface area contributed by atoms with Crippen LogP contribution in [0.4, 0.5) is 0 Å². The summed E-state index contributed by atoms with van der Waals surface area (Å²) in [6, 6.07) is 4.19. The number of benzene rings is 1. The summed E-state index contributed by atoms with van der Waals surface area (Å²) in [7, 11) is 0. The number of aldehydes is 1. The van der Waals surface area contributed by atoms with E-state index in [0.717, 1.165) is 30.3 Å². The maximum atomic E-state index is 10.6. The van der Waals surface area contributed by atoms with E-state index in [1.54, 1.807) is 0 Å². The number of carbonyl (C=O) groups excluding carboxylic acids is 1. The van der Waals surface area contributed by atoms with Gasteiger partial charge in [-0.1, -0.05) is 53.7 Å². The first-order chi connectivity index (χ1) is 9.07. The number of unbranched alkanes of at least 4 members (excludes halogenated alkanes) is 1. The average molecular weight is 276 g/mol. The lowest BCUT2D eigenvalue weighted by Crippen LogP contribution is -2.18. The Balaban J connectivity index is 3.31. The number of aryl methyl sites for hydroxylation is 1. The average Bonchev–Trinajstić information content (AvgIpc) is 2.28. The number of rotatable bonds is 4. The van der Waals surface area contributed by atoms with Gasteiger partial charge >= 0.3 is 0 Å². The molecule has 20 heavy (non-hydrogen) atoms. The normalized spacial score (nSPS) is 12.5. The van der Waals surface area contributed by atoms with Crippen molar-refractivity contribution in [3.8, 4) is 5.75 Å². The van der Waals surface area contributed by atoms with Crippen LogP contribution in [0.5, 0.6) is 5.75 Å². The topological polar surface area (TPSA) is 37.3 Å². The van der Waals surface area contributed by atoms with E-state index >= 15 is 0 Å². The highest BCUT2D eigenvalue weighted by Gasteiger charge is 2.26. The Morgan fingerprint density at radius 1 is 1.00 bits per heavy atom. The summed E-state index contributed by atoms with van der Waals surface area (Å²) >= 11 is 0. The van der Waals surface area contributed by atoms with Gasteiger partial charge in [-0.3, -0.25) is 0 Å². The van der Waals surface area contributed by atoms with Gasteiger partial charge in [0.15, 0.2) is 0 Å². The van der Waals surface area contributed by atoms with Crippen LogP contribution in [0.2, 0.25) is 0 Å². The van der Waals surface area contributed by atoms with Crippen LogP contribution >= 0.6 is 0 Å². The molecule has 0 amide bonds. The van der Waals surface area contributed by atoms with Gasteiger partial charge in [-0.2, -0.15) is 0 Å². The third-order valence-corrected chi connectivity index (χ3v) is 3.57. The summed E-state index contributed by atoms with van der Waals surface area (Å²) in [5.41, 5.74) is 3.01. The second-order valence-corrected chi connectivity index (χ2v) is 7.60. The van der Waals surface area contributed by atoms with Crippen molar-refractivity contribution in [2.45, 2.75) is 71.6 Å². The summed E-state index contributed by atoms with van der Waals surface area (Å²) in [6.45, 7) is 12.7. The van der Waals surface area contributed by atoms with Crippen LogP contribution in [0.3, 0.4) is 0 Å². The summed E-state index contributed by atoms with van der Waals surface area (Å²) in [5.74, 6) is 0.420. The highest BCUT2D eigenvalue weighted by Crippen LogP contribution is 2.39. The van der Waals surface area contributed by atoms with Crippen molar-refractivity contribution < 1.29 is 9.90 Å². The van der Waals surface area contributed by atoms with Crippen molar-refractivity contribution in [3.05, 3.63) is 28.8 Å². The molecule has 0 radical (unpaired) electrons. The van der Waals surface area contributed by atoms with Crippen molar-refractivity contribution in [1.29, 1.82) is 0 Å². The molecule has 2 nitrogen and oxygen atoms in total. The minimum atomic E-state index is -0.0925. The lowest BCUT2D eigenvalue weighted by atomic mass is 9.78. The fourth-order valence-corrected chi connectivity index (χ4v) is 2.37. The monoisotopic (exact) mass is 276 g/mol. The smallest absolute Gasteiger partial charge is 0.123 e. The summed E-state index contributed by atoms with van der Waals surface area (Å²) in [5, 5.41) is 10.6. The molecule has 0 atom stereocenters. The highest BCUT2D eigenvalue weighted by molar-refractivity contribution is 5.51. The van der Waals surface area contributed by atoms with Crippen molar-refractivity contribution in [1.82, 2.24) is 0 Å². The molecule has 1 aromatic rings. The van der Waals surface area contributed by atoms with Gasteiger partial charge in [0.2, 0.25) is 0 Å². The Morgan fingerprint density at radius 2 is 1.45 bits per heavy atom. The van der Waals surface area contributed by atoms with E-state index in [9.17, 15) is 9.90 Å². The largest absolute Gasteiger partial charge is 0.507 e. The third kappa shape index (κ3) is 4.09. The van der Waals surface area contributed by atoms with Gasteiger partial charge in [-0.15, -0.1) is 0 Å². The van der Waals surface area contributed by atoms with E-state index in [2.05, 4.69) is 53.7 Å². The van der Waals surface area contributed by atoms with E-state index in [1.165, 1.54) is 5.56 Å². The number of phenols is 1. The first-order valence-corrected chi connectivity index (χ1v) is 7.38. The van der Waals surface area contributed by atoms with Crippen molar-refractivity contribution in [2.24, 2.45) is 0 Å². The Kier molecular flexibility index (Phi) is 5.01. The molecule has 0 saturated heterocycles. The maximum absolute atomic E-state index is 10.6. The fourth-order valence-electron chi connectivity index (χ4n) is 2.37. The van der Waals surface area contributed by atoms with E-state index < -0.39 is 0 Å². The summed E-state index contributed by atoms with van der Waals surface area (Å²) in [4.78, 5) is 10.5. The SMILES string of the molecule is CC(C)(C)c1cc(CCCC=O)cc(C(C)(C)C)c1O. The Labute approximate surface area is 123 Å². The van der Waals surface area contributed by atoms with Crippen LogP contribution in [0.25, 0.3) is 0 Å². The van der Waals surface area contributed by atoms with Crippen LogP contribution in [0.1, 0.15) is 71.1 Å². The number of aromatic hydroxyl groups is 1. The lowest BCUT2D eigenvalue weighted by molar-refractivity contribution is -0.107. The zero-order valence-corrected chi connectivity index (χ0v) is 13.7. The molecule has 1 N–H and O–H groups in total. The number of phenolic OH excluding ortho intramolecular Hbond substituents is 1. The van der Waals surface area contributed by atoms with Crippen LogP contribution in [-0.2, 0) is 22.0 Å². The molecule has 0 unspecified atom stereocenters. The van der Waals surface area contributed by atoms with Gasteiger partial charge in [0.25, 0.3) is 0 Å². The van der Waals surface area contributed by atoms with Crippen LogP contribution in [0.15, 0.2) is 12.1 Å². The Hall–Kier alpha value is -1.31. The van der Waals surface area contributed by atoms with E-state index in [1.807, 2.05) is 0 Å². The lowest BCUT2D eigenvalue weighted by Gasteiger charge is -2.28. The maximum Gasteiger partial charge on any atom is 0.123 e. The summed E-state index contributed by atoms with van der Waals surface area (Å²) < 4.78 is 0. The van der Waals surface area contributed by atoms with Crippen LogP contribution < -0.4 is 0 Å². The molecule has 1 rings (SSSR count). The fraction of sp³-hybridized carbons (Fsp3) is 0.611. The number of hydrogen-bond donors (Lipinski definition) is 1. The van der Waals surface area contributed by atoms with Gasteiger partial charge in [-0.05, 0) is 40.4 Å². The molecular formula is C18H28O2. The quantitative estimate of drug-likeness (QED) is 0.649. The predicted octanol–water partition coefficient (Wildman–Crippen LogP) is 4.51. The minimum Gasteiger partial charge on any atom is -0.507 e. The first-order valence-electron chi connectivity index (χ1n) is 7.38. The molecule has 0 fully saturated rings. The molecular weight excluding hydrogens is 248 g/mol. The first kappa shape index (κ1) is 16.7. The molecule has 1 aromatic carbocycles. The zero-order valence-electron chi connectivity index (χ0n) is 13.7. The van der Waals surface area contributed by atoms with Crippen molar-refractivity contribution in [3.63, 3.8) is 0 Å². The van der Waals surface area contributed by atoms with Gasteiger partial charge < -0.3 is 9.90 Å². The molecule has 0 aliphatic rings. The third-order valence-electron chi connectivity index (χ3n) is 3.57. The molecule has 2 heteroatoms. The Morgan fingerprint density at radius 3 is 1.80 bits per heavy atom. The second kappa shape index (κ2) is 5.99. The molecule has 112 valence electrons. The highest BCUT2D eigenvalue weighted by atomic mass is 16.3. The molecule has 0 saturated carbocycles. The molecule has 0 aliphatic heterocycles. The molecule has 0 aromatic heterocycles. The zero-order chi connectivity index (χ0) is 15.6. The van der Waals surface area contributed by atoms with Crippen molar-refractivity contribution in [2.75, 3.05) is 0 Å². The van der Waals surface area contributed by atoms with Crippen LogP contribution in [-0.4, -0.2) is 11.4 Å². The summed E-state index contributed by atoms with van der Waals surface area (Å²) in [6.07, 6.45) is 3.30. The molecule has 0 heterocycles. The van der Waals surface area contributed by atoms with E-state index in [0.29, 0.717) is 12.2 Å². The Bertz CT molecular complexity index is 438. The minimum absolute atomic E-state index is 0.0925. The molecule has 0 aliphatic carbocycles. The second-order valence-electron chi connectivity index (χ2n) is 7.60. The van der Waals surface area contributed by atoms with Gasteiger partial charge in [-0.25, -0.2) is 0 Å². The number of hydrogen-bond acceptors (Lipinski definition) is 2. The molecule has 0 spiro atoms. The van der Waals surface area contributed by atoms with E-state index in [4.69, 9.17) is 0 Å². The number of carbonyl (C=O) groups is 1. The van der Waals surface area contributed by atoms with Crippen molar-refractivity contribution >= 4 is 6.29 Å². The van der Waals surface area contributed by atoms with Gasteiger partial charge in [0, 0.05) is 6.42 Å². The standard InChI is InChI=1S/C18H28O2/c1-17(2,3)14-11-13(9-7-8-10-19)12-15(16(14)20)18(4,5)6/h10-12,20H,7-9H2,1-6H3. The van der Waals surface area contributed by atoms with Gasteiger partial charge in [0.1, 0.15) is 12.0 Å². The van der Waals surface area contributed by atoms with Crippen LogP contribution in [0, 0.1) is 0 Å².